The van der Waals surface area contributed by atoms with Crippen molar-refractivity contribution in [3.8, 4) is 5.75 Å². The first-order chi connectivity index (χ1) is 14.5. The minimum absolute atomic E-state index is 0.249. The van der Waals surface area contributed by atoms with E-state index >= 15 is 0 Å². The van der Waals surface area contributed by atoms with Crippen molar-refractivity contribution in [3.63, 3.8) is 0 Å². The molecule has 1 aliphatic rings. The molecule has 1 N–H and O–H groups in total. The number of methoxy groups -OCH3 is 1. The number of hydrogen-bond donors (Lipinski definition) is 1. The molecule has 1 atom stereocenters. The average molecular weight is 405 g/mol. The average Bonchev–Trinajstić information content (AvgIpc) is 2.77. The van der Waals surface area contributed by atoms with Crippen molar-refractivity contribution in [2.75, 3.05) is 7.11 Å². The number of hydrogen-bond acceptors (Lipinski definition) is 4. The van der Waals surface area contributed by atoms with Gasteiger partial charge >= 0.3 is 5.97 Å². The highest BCUT2D eigenvalue weighted by atomic mass is 19.1. The minimum Gasteiger partial charge on any atom is -0.496 e. The van der Waals surface area contributed by atoms with E-state index in [1.165, 1.54) is 12.1 Å². The fourth-order valence-electron chi connectivity index (χ4n) is 3.53. The van der Waals surface area contributed by atoms with Crippen molar-refractivity contribution < 1.29 is 23.5 Å². The second-order valence-corrected chi connectivity index (χ2v) is 7.02. The number of amides is 1. The van der Waals surface area contributed by atoms with Crippen LogP contribution in [0.5, 0.6) is 5.75 Å². The smallest absolute Gasteiger partial charge is 0.339 e. The molecule has 0 saturated carbocycles. The van der Waals surface area contributed by atoms with Gasteiger partial charge in [-0.1, -0.05) is 30.3 Å². The third kappa shape index (κ3) is 4.03. The van der Waals surface area contributed by atoms with E-state index in [-0.39, 0.29) is 11.7 Å². The number of fused-ring (bicyclic) bond motifs is 1. The molecule has 0 aliphatic carbocycles. The fraction of sp³-hybridized carbons (Fsp3) is 0.167. The van der Waals surface area contributed by atoms with Crippen LogP contribution in [-0.2, 0) is 17.7 Å². The van der Waals surface area contributed by atoms with Crippen LogP contribution in [0.2, 0.25) is 0 Å². The second-order valence-electron chi connectivity index (χ2n) is 7.02. The molecule has 3 aromatic rings. The molecule has 1 heterocycles. The number of para-hydroxylation sites is 1. The first-order valence-corrected chi connectivity index (χ1v) is 9.54. The maximum Gasteiger partial charge on any atom is 0.339 e. The van der Waals surface area contributed by atoms with Crippen LogP contribution in [0.4, 0.5) is 4.39 Å². The van der Waals surface area contributed by atoms with Crippen molar-refractivity contribution in [3.05, 3.63) is 100 Å². The second kappa shape index (κ2) is 8.37. The summed E-state index contributed by atoms with van der Waals surface area (Å²) in [5.41, 5.74) is 3.20. The molecule has 3 aromatic carbocycles. The van der Waals surface area contributed by atoms with Crippen molar-refractivity contribution in [1.29, 1.82) is 0 Å². The Morgan fingerprint density at radius 1 is 1.13 bits per heavy atom. The lowest BCUT2D eigenvalue weighted by Gasteiger charge is -2.25. The van der Waals surface area contributed by atoms with E-state index in [1.54, 1.807) is 37.4 Å². The standard InChI is InChI=1S/C24H20FNO4/c1-29-21-5-3-2-4-17(21)14-26-23(27)16-8-11-20-18(12-16)13-22(30-24(20)28)15-6-9-19(25)10-7-15/h2-12,22H,13-14H2,1H3,(H,26,27)/t22-/m0/s1. The molecule has 152 valence electrons. The van der Waals surface area contributed by atoms with Gasteiger partial charge in [0.1, 0.15) is 17.7 Å². The molecular formula is C24H20FNO4. The molecule has 30 heavy (non-hydrogen) atoms. The normalized spacial score (nSPS) is 15.1. The largest absolute Gasteiger partial charge is 0.496 e. The van der Waals surface area contributed by atoms with Crippen LogP contribution in [0, 0.1) is 5.82 Å². The summed E-state index contributed by atoms with van der Waals surface area (Å²) in [6, 6.07) is 18.3. The molecule has 1 aliphatic heterocycles. The molecule has 0 saturated heterocycles. The van der Waals surface area contributed by atoms with Crippen molar-refractivity contribution >= 4 is 11.9 Å². The molecule has 0 bridgehead atoms. The predicted octanol–water partition coefficient (Wildman–Crippen LogP) is 4.22. The van der Waals surface area contributed by atoms with Crippen molar-refractivity contribution in [2.45, 2.75) is 19.1 Å². The summed E-state index contributed by atoms with van der Waals surface area (Å²) in [4.78, 5) is 25.1. The minimum atomic E-state index is -0.516. The Balaban J connectivity index is 1.51. The number of halogens is 1. The number of rotatable bonds is 5. The van der Waals surface area contributed by atoms with E-state index < -0.39 is 12.1 Å². The molecule has 1 amide bonds. The number of ether oxygens (including phenoxy) is 2. The highest BCUT2D eigenvalue weighted by molar-refractivity contribution is 5.97. The molecule has 6 heteroatoms. The summed E-state index contributed by atoms with van der Waals surface area (Å²) in [7, 11) is 1.58. The third-order valence-corrected chi connectivity index (χ3v) is 5.12. The zero-order chi connectivity index (χ0) is 21.1. The monoisotopic (exact) mass is 405 g/mol. The number of benzene rings is 3. The zero-order valence-electron chi connectivity index (χ0n) is 16.4. The predicted molar refractivity (Wildman–Crippen MR) is 109 cm³/mol. The lowest BCUT2D eigenvalue weighted by atomic mass is 9.93. The van der Waals surface area contributed by atoms with E-state index in [2.05, 4.69) is 5.32 Å². The van der Waals surface area contributed by atoms with E-state index in [4.69, 9.17) is 9.47 Å². The van der Waals surface area contributed by atoms with Gasteiger partial charge in [0.05, 0.1) is 12.7 Å². The molecule has 5 nitrogen and oxygen atoms in total. The summed E-state index contributed by atoms with van der Waals surface area (Å²) in [5, 5.41) is 2.88. The molecule has 0 spiro atoms. The van der Waals surface area contributed by atoms with Gasteiger partial charge in [-0.2, -0.15) is 0 Å². The number of esters is 1. The highest BCUT2D eigenvalue weighted by Crippen LogP contribution is 2.31. The van der Waals surface area contributed by atoms with Gasteiger partial charge in [-0.25, -0.2) is 9.18 Å². The Labute approximate surface area is 173 Å². The Hall–Kier alpha value is -3.67. The van der Waals surface area contributed by atoms with Crippen LogP contribution in [0.3, 0.4) is 0 Å². The lowest BCUT2D eigenvalue weighted by Crippen LogP contribution is -2.25. The summed E-state index contributed by atoms with van der Waals surface area (Å²) < 4.78 is 24.0. The molecule has 4 rings (SSSR count). The zero-order valence-corrected chi connectivity index (χ0v) is 16.4. The first kappa shape index (κ1) is 19.6. The Kier molecular flexibility index (Phi) is 5.48. The van der Waals surface area contributed by atoms with E-state index in [1.807, 2.05) is 24.3 Å². The number of carbonyl (C=O) groups excluding carboxylic acids is 2. The summed E-state index contributed by atoms with van der Waals surface area (Å²) in [6.45, 7) is 0.320. The van der Waals surface area contributed by atoms with Crippen LogP contribution < -0.4 is 10.1 Å². The Morgan fingerprint density at radius 2 is 1.90 bits per heavy atom. The van der Waals surface area contributed by atoms with E-state index in [0.29, 0.717) is 35.4 Å². The Bertz CT molecular complexity index is 1090. The van der Waals surface area contributed by atoms with Crippen molar-refractivity contribution in [2.24, 2.45) is 0 Å². The Morgan fingerprint density at radius 3 is 2.67 bits per heavy atom. The van der Waals surface area contributed by atoms with Gasteiger partial charge in [-0.05, 0) is 47.5 Å². The van der Waals surface area contributed by atoms with Gasteiger partial charge in [0.25, 0.3) is 5.91 Å². The van der Waals surface area contributed by atoms with Crippen LogP contribution in [0.1, 0.15) is 43.5 Å². The van der Waals surface area contributed by atoms with Gasteiger partial charge in [-0.15, -0.1) is 0 Å². The molecule has 0 radical (unpaired) electrons. The molecule has 0 unspecified atom stereocenters. The third-order valence-electron chi connectivity index (χ3n) is 5.12. The maximum atomic E-state index is 13.2. The van der Waals surface area contributed by atoms with Crippen LogP contribution in [-0.4, -0.2) is 19.0 Å². The van der Waals surface area contributed by atoms with Gasteiger partial charge in [0, 0.05) is 24.1 Å². The van der Waals surface area contributed by atoms with Gasteiger partial charge in [-0.3, -0.25) is 4.79 Å². The lowest BCUT2D eigenvalue weighted by molar-refractivity contribution is 0.0252. The number of carbonyl (C=O) groups is 2. The van der Waals surface area contributed by atoms with Gasteiger partial charge in [0.2, 0.25) is 0 Å². The number of cyclic esters (lactones) is 1. The molecule has 0 fully saturated rings. The van der Waals surface area contributed by atoms with Gasteiger partial charge in [0.15, 0.2) is 0 Å². The van der Waals surface area contributed by atoms with Crippen LogP contribution in [0.15, 0.2) is 66.7 Å². The maximum absolute atomic E-state index is 13.2. The molecule has 0 aromatic heterocycles. The van der Waals surface area contributed by atoms with Gasteiger partial charge < -0.3 is 14.8 Å². The SMILES string of the molecule is COc1ccccc1CNC(=O)c1ccc2c(c1)C[C@@H](c1ccc(F)cc1)OC2=O. The van der Waals surface area contributed by atoms with E-state index in [0.717, 1.165) is 11.1 Å². The number of nitrogens with one attached hydrogen (secondary N) is 1. The van der Waals surface area contributed by atoms with Crippen LogP contribution >= 0.6 is 0 Å². The summed E-state index contributed by atoms with van der Waals surface area (Å²) in [5.74, 6) is -0.351. The fourth-order valence-corrected chi connectivity index (χ4v) is 3.53. The first-order valence-electron chi connectivity index (χ1n) is 9.54. The van der Waals surface area contributed by atoms with Crippen LogP contribution in [0.25, 0.3) is 0 Å². The van der Waals surface area contributed by atoms with E-state index in [9.17, 15) is 14.0 Å². The summed E-state index contributed by atoms with van der Waals surface area (Å²) in [6.07, 6.45) is -0.0992. The topological polar surface area (TPSA) is 64.6 Å². The highest BCUT2D eigenvalue weighted by Gasteiger charge is 2.28. The molecular weight excluding hydrogens is 385 g/mol. The summed E-state index contributed by atoms with van der Waals surface area (Å²) >= 11 is 0. The van der Waals surface area contributed by atoms with Crippen molar-refractivity contribution in [1.82, 2.24) is 5.32 Å². The quantitative estimate of drug-likeness (QED) is 0.646.